The number of nitrogens with zero attached hydrogens (tertiary/aromatic N) is 1. The minimum absolute atomic E-state index is 0.739. The first-order valence-electron chi connectivity index (χ1n) is 5.54. The zero-order valence-electron chi connectivity index (χ0n) is 10.4. The lowest BCUT2D eigenvalue weighted by molar-refractivity contribution is 0.415. The van der Waals surface area contributed by atoms with Crippen molar-refractivity contribution in [1.29, 1.82) is 0 Å². The molecule has 3 nitrogen and oxygen atoms in total. The largest absolute Gasteiger partial charge is 0.497 e. The Morgan fingerprint density at radius 1 is 1.17 bits per heavy atom. The number of halogens is 1. The summed E-state index contributed by atoms with van der Waals surface area (Å²) in [5, 5.41) is 0. The molecule has 2 aromatic rings. The summed E-state index contributed by atoms with van der Waals surface area (Å²) >= 11 is 3.46. The molecule has 0 unspecified atom stereocenters. The predicted octanol–water partition coefficient (Wildman–Crippen LogP) is 3.81. The molecule has 2 aromatic carbocycles. The van der Waals surface area contributed by atoms with Crippen LogP contribution >= 0.6 is 15.9 Å². The van der Waals surface area contributed by atoms with Crippen LogP contribution in [0.4, 0.5) is 17.1 Å². The second-order valence-corrected chi connectivity index (χ2v) is 4.88. The van der Waals surface area contributed by atoms with Gasteiger partial charge in [0.15, 0.2) is 0 Å². The van der Waals surface area contributed by atoms with E-state index in [0.29, 0.717) is 0 Å². The fourth-order valence-corrected chi connectivity index (χ4v) is 2.11. The molecule has 18 heavy (non-hydrogen) atoms. The molecule has 0 atom stereocenters. The zero-order chi connectivity index (χ0) is 13.1. The number of hydrogen-bond acceptors (Lipinski definition) is 3. The fourth-order valence-electron chi connectivity index (χ4n) is 1.77. The number of benzene rings is 2. The third-order valence-corrected chi connectivity index (χ3v) is 3.29. The van der Waals surface area contributed by atoms with Gasteiger partial charge in [0.2, 0.25) is 0 Å². The molecule has 0 saturated carbocycles. The molecular weight excluding hydrogens is 292 g/mol. The van der Waals surface area contributed by atoms with Gasteiger partial charge in [-0.1, -0.05) is 22.0 Å². The van der Waals surface area contributed by atoms with Gasteiger partial charge >= 0.3 is 0 Å². The van der Waals surface area contributed by atoms with Crippen molar-refractivity contribution in [2.45, 2.75) is 0 Å². The van der Waals surface area contributed by atoms with E-state index in [1.54, 1.807) is 7.11 Å². The molecule has 0 bridgehead atoms. The van der Waals surface area contributed by atoms with Gasteiger partial charge in [-0.2, -0.15) is 0 Å². The Bertz CT molecular complexity index is 557. The summed E-state index contributed by atoms with van der Waals surface area (Å²) in [5.41, 5.74) is 8.73. The summed E-state index contributed by atoms with van der Waals surface area (Å²) < 4.78 is 6.23. The monoisotopic (exact) mass is 306 g/mol. The highest BCUT2D eigenvalue weighted by molar-refractivity contribution is 9.10. The molecule has 2 N–H and O–H groups in total. The van der Waals surface area contributed by atoms with Gasteiger partial charge in [-0.05, 0) is 30.3 Å². The summed E-state index contributed by atoms with van der Waals surface area (Å²) in [6.07, 6.45) is 0. The van der Waals surface area contributed by atoms with Gasteiger partial charge in [-0.3, -0.25) is 0 Å². The van der Waals surface area contributed by atoms with E-state index in [1.165, 1.54) is 0 Å². The van der Waals surface area contributed by atoms with Crippen LogP contribution in [0.15, 0.2) is 46.9 Å². The molecule has 0 spiro atoms. The molecule has 0 heterocycles. The summed E-state index contributed by atoms with van der Waals surface area (Å²) in [6, 6.07) is 13.7. The first kappa shape index (κ1) is 12.8. The predicted molar refractivity (Wildman–Crippen MR) is 79.6 cm³/mol. The van der Waals surface area contributed by atoms with E-state index in [-0.39, 0.29) is 0 Å². The second kappa shape index (κ2) is 5.31. The first-order chi connectivity index (χ1) is 8.61. The lowest BCUT2D eigenvalue weighted by Gasteiger charge is -2.22. The molecule has 0 fully saturated rings. The first-order valence-corrected chi connectivity index (χ1v) is 6.34. The van der Waals surface area contributed by atoms with Gasteiger partial charge in [-0.15, -0.1) is 0 Å². The molecule has 0 aliphatic rings. The summed E-state index contributed by atoms with van der Waals surface area (Å²) in [7, 11) is 3.64. The molecule has 0 aliphatic carbocycles. The Kier molecular flexibility index (Phi) is 3.77. The van der Waals surface area contributed by atoms with Gasteiger partial charge in [0.05, 0.1) is 18.5 Å². The van der Waals surface area contributed by atoms with Crippen molar-refractivity contribution in [3.05, 3.63) is 46.9 Å². The number of anilines is 3. The molecule has 2 rings (SSSR count). The van der Waals surface area contributed by atoms with Gasteiger partial charge in [-0.25, -0.2) is 0 Å². The molecule has 0 aromatic heterocycles. The van der Waals surface area contributed by atoms with Crippen molar-refractivity contribution in [1.82, 2.24) is 0 Å². The SMILES string of the molecule is COc1cccc(N(C)c2cc(Br)ccc2N)c1. The van der Waals surface area contributed by atoms with Crippen LogP contribution in [0.2, 0.25) is 0 Å². The van der Waals surface area contributed by atoms with E-state index in [4.69, 9.17) is 10.5 Å². The van der Waals surface area contributed by atoms with Crippen LogP contribution in [0, 0.1) is 0 Å². The van der Waals surface area contributed by atoms with E-state index in [0.717, 1.165) is 27.3 Å². The van der Waals surface area contributed by atoms with Crippen LogP contribution in [0.1, 0.15) is 0 Å². The van der Waals surface area contributed by atoms with Crippen molar-refractivity contribution in [2.24, 2.45) is 0 Å². The Morgan fingerprint density at radius 2 is 1.94 bits per heavy atom. The number of rotatable bonds is 3. The molecule has 94 valence electrons. The maximum Gasteiger partial charge on any atom is 0.120 e. The number of ether oxygens (including phenoxy) is 1. The van der Waals surface area contributed by atoms with Crippen molar-refractivity contribution >= 4 is 33.0 Å². The highest BCUT2D eigenvalue weighted by Crippen LogP contribution is 2.32. The molecule has 4 heteroatoms. The topological polar surface area (TPSA) is 38.5 Å². The van der Waals surface area contributed by atoms with Crippen molar-refractivity contribution < 1.29 is 4.74 Å². The van der Waals surface area contributed by atoms with Crippen molar-refractivity contribution in [2.75, 3.05) is 24.8 Å². The van der Waals surface area contributed by atoms with E-state index in [2.05, 4.69) is 15.9 Å². The van der Waals surface area contributed by atoms with Crippen LogP contribution in [-0.2, 0) is 0 Å². The fraction of sp³-hybridized carbons (Fsp3) is 0.143. The van der Waals surface area contributed by atoms with E-state index < -0.39 is 0 Å². The average molecular weight is 307 g/mol. The van der Waals surface area contributed by atoms with E-state index in [1.807, 2.05) is 54.4 Å². The third-order valence-electron chi connectivity index (χ3n) is 2.79. The van der Waals surface area contributed by atoms with E-state index in [9.17, 15) is 0 Å². The Balaban J connectivity index is 2.40. The maximum atomic E-state index is 6.00. The van der Waals surface area contributed by atoms with E-state index >= 15 is 0 Å². The van der Waals surface area contributed by atoms with Gasteiger partial charge in [0.1, 0.15) is 5.75 Å². The quantitative estimate of drug-likeness (QED) is 0.876. The molecule has 0 amide bonds. The minimum Gasteiger partial charge on any atom is -0.497 e. The second-order valence-electron chi connectivity index (χ2n) is 3.96. The van der Waals surface area contributed by atoms with Gasteiger partial charge < -0.3 is 15.4 Å². The number of nitrogens with two attached hydrogens (primary N) is 1. The van der Waals surface area contributed by atoms with Crippen molar-refractivity contribution in [3.63, 3.8) is 0 Å². The molecule has 0 radical (unpaired) electrons. The van der Waals surface area contributed by atoms with Crippen LogP contribution in [0.5, 0.6) is 5.75 Å². The highest BCUT2D eigenvalue weighted by atomic mass is 79.9. The number of methoxy groups -OCH3 is 1. The number of nitrogen functional groups attached to an aromatic ring is 1. The highest BCUT2D eigenvalue weighted by Gasteiger charge is 2.08. The lowest BCUT2D eigenvalue weighted by atomic mass is 10.2. The number of hydrogen-bond donors (Lipinski definition) is 1. The lowest BCUT2D eigenvalue weighted by Crippen LogP contribution is -2.11. The van der Waals surface area contributed by atoms with Crippen LogP contribution in [-0.4, -0.2) is 14.2 Å². The molecular formula is C14H15BrN2O. The van der Waals surface area contributed by atoms with Gasteiger partial charge in [0.25, 0.3) is 0 Å². The van der Waals surface area contributed by atoms with Crippen LogP contribution in [0.25, 0.3) is 0 Å². The Morgan fingerprint density at radius 3 is 2.67 bits per heavy atom. The minimum atomic E-state index is 0.739. The van der Waals surface area contributed by atoms with Crippen LogP contribution < -0.4 is 15.4 Å². The molecule has 0 aliphatic heterocycles. The average Bonchev–Trinajstić information content (AvgIpc) is 2.41. The zero-order valence-corrected chi connectivity index (χ0v) is 11.9. The Hall–Kier alpha value is -1.68. The summed E-state index contributed by atoms with van der Waals surface area (Å²) in [5.74, 6) is 0.827. The third kappa shape index (κ3) is 2.59. The standard InChI is InChI=1S/C14H15BrN2O/c1-17(11-4-3-5-12(9-11)18-2)14-8-10(15)6-7-13(14)16/h3-9H,16H2,1-2H3. The Labute approximate surface area is 115 Å². The normalized spacial score (nSPS) is 10.2. The van der Waals surface area contributed by atoms with Gasteiger partial charge in [0, 0.05) is 23.3 Å². The van der Waals surface area contributed by atoms with Crippen LogP contribution in [0.3, 0.4) is 0 Å². The smallest absolute Gasteiger partial charge is 0.120 e. The maximum absolute atomic E-state index is 6.00. The summed E-state index contributed by atoms with van der Waals surface area (Å²) in [6.45, 7) is 0. The molecule has 0 saturated heterocycles. The summed E-state index contributed by atoms with van der Waals surface area (Å²) in [4.78, 5) is 2.03. The van der Waals surface area contributed by atoms with Crippen molar-refractivity contribution in [3.8, 4) is 5.75 Å².